The molecule has 1 aliphatic rings. The van der Waals surface area contributed by atoms with Gasteiger partial charge in [-0.3, -0.25) is 4.98 Å². The third kappa shape index (κ3) is 4.26. The molecule has 162 valence electrons. The molecule has 5 rings (SSSR count). The Morgan fingerprint density at radius 2 is 1.88 bits per heavy atom. The molecule has 1 fully saturated rings. The summed E-state index contributed by atoms with van der Waals surface area (Å²) in [7, 11) is 1.84. The van der Waals surface area contributed by atoms with Gasteiger partial charge in [0.05, 0.1) is 24.0 Å². The SMILES string of the molecule is CN(c1ccccc1)c1nc(N)nc(-c2noc(-c3ccc(COC4CCC4)nc3)n2)n1. The van der Waals surface area contributed by atoms with Gasteiger partial charge in [-0.2, -0.15) is 19.9 Å². The number of hydrogen-bond acceptors (Lipinski definition) is 10. The first-order chi connectivity index (χ1) is 15.7. The van der Waals surface area contributed by atoms with Crippen molar-refractivity contribution >= 4 is 17.6 Å². The Kier molecular flexibility index (Phi) is 5.42. The van der Waals surface area contributed by atoms with Gasteiger partial charge < -0.3 is 19.9 Å². The fourth-order valence-corrected chi connectivity index (χ4v) is 3.21. The molecule has 1 aliphatic carbocycles. The number of para-hydroxylation sites is 1. The van der Waals surface area contributed by atoms with Gasteiger partial charge in [0.25, 0.3) is 5.89 Å². The summed E-state index contributed by atoms with van der Waals surface area (Å²) < 4.78 is 11.2. The maximum Gasteiger partial charge on any atom is 0.259 e. The molecule has 2 N–H and O–H groups in total. The van der Waals surface area contributed by atoms with E-state index < -0.39 is 0 Å². The Morgan fingerprint density at radius 1 is 1.03 bits per heavy atom. The maximum atomic E-state index is 5.91. The first-order valence-corrected chi connectivity index (χ1v) is 10.4. The molecular weight excluding hydrogens is 408 g/mol. The zero-order valence-corrected chi connectivity index (χ0v) is 17.5. The van der Waals surface area contributed by atoms with Crippen LogP contribution in [0.5, 0.6) is 0 Å². The molecule has 1 aromatic carbocycles. The first kappa shape index (κ1) is 20.0. The van der Waals surface area contributed by atoms with Gasteiger partial charge in [-0.15, -0.1) is 0 Å². The predicted octanol–water partition coefficient (Wildman–Crippen LogP) is 3.40. The molecule has 1 saturated carbocycles. The Hall–Kier alpha value is -3.92. The summed E-state index contributed by atoms with van der Waals surface area (Å²) >= 11 is 0. The van der Waals surface area contributed by atoms with Crippen LogP contribution in [0.4, 0.5) is 17.6 Å². The van der Waals surface area contributed by atoms with Crippen molar-refractivity contribution < 1.29 is 9.26 Å². The topological polar surface area (TPSA) is 129 Å². The number of nitrogens with zero attached hydrogens (tertiary/aromatic N) is 7. The number of aromatic nitrogens is 6. The third-order valence-corrected chi connectivity index (χ3v) is 5.30. The molecular formula is C22H22N8O2. The minimum atomic E-state index is 0.0663. The van der Waals surface area contributed by atoms with E-state index in [1.165, 1.54) is 6.42 Å². The number of pyridine rings is 1. The van der Waals surface area contributed by atoms with Gasteiger partial charge in [0, 0.05) is 18.9 Å². The van der Waals surface area contributed by atoms with Gasteiger partial charge in [0.1, 0.15) is 0 Å². The number of benzene rings is 1. The number of nitrogens with two attached hydrogens (primary N) is 1. The molecule has 0 radical (unpaired) electrons. The Bertz CT molecular complexity index is 1190. The van der Waals surface area contributed by atoms with Gasteiger partial charge >= 0.3 is 0 Å². The van der Waals surface area contributed by atoms with Gasteiger partial charge in [-0.1, -0.05) is 23.4 Å². The van der Waals surface area contributed by atoms with Gasteiger partial charge in [0.15, 0.2) is 0 Å². The second-order valence-electron chi connectivity index (χ2n) is 7.54. The van der Waals surface area contributed by atoms with Gasteiger partial charge in [-0.05, 0) is 43.5 Å². The predicted molar refractivity (Wildman–Crippen MR) is 118 cm³/mol. The van der Waals surface area contributed by atoms with Gasteiger partial charge in [0.2, 0.25) is 23.5 Å². The molecule has 0 atom stereocenters. The lowest BCUT2D eigenvalue weighted by molar-refractivity contribution is -0.0101. The molecule has 0 amide bonds. The van der Waals surface area contributed by atoms with Crippen molar-refractivity contribution in [1.29, 1.82) is 0 Å². The summed E-state index contributed by atoms with van der Waals surface area (Å²) in [6.45, 7) is 0.502. The minimum absolute atomic E-state index is 0.0663. The minimum Gasteiger partial charge on any atom is -0.372 e. The lowest BCUT2D eigenvalue weighted by atomic mass is 9.96. The standard InChI is InChI=1S/C22H22N8O2/c1-30(16-6-3-2-4-7-16)22-27-18(26-21(23)28-22)19-25-20(32-29-19)14-10-11-15(24-12-14)13-31-17-8-5-9-17/h2-4,6-7,10-12,17H,5,8-9,13H2,1H3,(H2,23,26,27,28). The summed E-state index contributed by atoms with van der Waals surface area (Å²) in [5.74, 6) is 1.20. The molecule has 0 spiro atoms. The van der Waals surface area contributed by atoms with E-state index >= 15 is 0 Å². The van der Waals surface area contributed by atoms with E-state index in [0.29, 0.717) is 30.1 Å². The quantitative estimate of drug-likeness (QED) is 0.465. The lowest BCUT2D eigenvalue weighted by Crippen LogP contribution is -2.21. The Balaban J connectivity index is 1.34. The number of nitrogen functional groups attached to an aromatic ring is 1. The van der Waals surface area contributed by atoms with E-state index in [9.17, 15) is 0 Å². The van der Waals surface area contributed by atoms with E-state index in [0.717, 1.165) is 24.2 Å². The van der Waals surface area contributed by atoms with Crippen molar-refractivity contribution in [2.24, 2.45) is 0 Å². The number of anilines is 3. The largest absolute Gasteiger partial charge is 0.372 e. The van der Waals surface area contributed by atoms with Crippen LogP contribution in [-0.2, 0) is 11.3 Å². The summed E-state index contributed by atoms with van der Waals surface area (Å²) in [5.41, 5.74) is 8.38. The molecule has 0 aliphatic heterocycles. The van der Waals surface area contributed by atoms with Crippen LogP contribution in [0.2, 0.25) is 0 Å². The zero-order valence-electron chi connectivity index (χ0n) is 17.5. The molecule has 0 bridgehead atoms. The molecule has 32 heavy (non-hydrogen) atoms. The van der Waals surface area contributed by atoms with Crippen LogP contribution in [0, 0.1) is 0 Å². The van der Waals surface area contributed by atoms with E-state index in [-0.39, 0.29) is 17.6 Å². The number of rotatable bonds is 7. The van der Waals surface area contributed by atoms with Crippen LogP contribution in [-0.4, -0.2) is 43.2 Å². The molecule has 0 saturated heterocycles. The summed E-state index contributed by atoms with van der Waals surface area (Å²) in [6.07, 6.45) is 5.56. The highest BCUT2D eigenvalue weighted by Gasteiger charge is 2.19. The van der Waals surface area contributed by atoms with Crippen molar-refractivity contribution in [3.8, 4) is 23.1 Å². The number of hydrogen-bond donors (Lipinski definition) is 1. The summed E-state index contributed by atoms with van der Waals surface area (Å²) in [6, 6.07) is 13.5. The molecule has 10 heteroatoms. The van der Waals surface area contributed by atoms with Crippen molar-refractivity contribution in [3.05, 3.63) is 54.4 Å². The molecule has 3 aromatic heterocycles. The van der Waals surface area contributed by atoms with Crippen LogP contribution < -0.4 is 10.6 Å². The average Bonchev–Trinajstić information content (AvgIpc) is 3.29. The second-order valence-corrected chi connectivity index (χ2v) is 7.54. The van der Waals surface area contributed by atoms with Crippen molar-refractivity contribution in [1.82, 2.24) is 30.1 Å². The van der Waals surface area contributed by atoms with Crippen LogP contribution in [0.1, 0.15) is 25.0 Å². The van der Waals surface area contributed by atoms with Crippen LogP contribution in [0.15, 0.2) is 53.2 Å². The monoisotopic (exact) mass is 430 g/mol. The molecule has 0 unspecified atom stereocenters. The fourth-order valence-electron chi connectivity index (χ4n) is 3.21. The zero-order chi connectivity index (χ0) is 21.9. The van der Waals surface area contributed by atoms with Crippen LogP contribution >= 0.6 is 0 Å². The third-order valence-electron chi connectivity index (χ3n) is 5.30. The smallest absolute Gasteiger partial charge is 0.259 e. The van der Waals surface area contributed by atoms with Crippen molar-refractivity contribution in [2.75, 3.05) is 17.7 Å². The molecule has 3 heterocycles. The summed E-state index contributed by atoms with van der Waals surface area (Å²) in [4.78, 5) is 23.5. The first-order valence-electron chi connectivity index (χ1n) is 10.4. The van der Waals surface area contributed by atoms with E-state index in [1.54, 1.807) is 11.1 Å². The van der Waals surface area contributed by atoms with E-state index in [2.05, 4.69) is 30.1 Å². The van der Waals surface area contributed by atoms with E-state index in [4.69, 9.17) is 15.0 Å². The Morgan fingerprint density at radius 3 is 2.59 bits per heavy atom. The number of ether oxygens (including phenoxy) is 1. The van der Waals surface area contributed by atoms with Gasteiger partial charge in [-0.25, -0.2) is 0 Å². The highest BCUT2D eigenvalue weighted by Crippen LogP contribution is 2.25. The highest BCUT2D eigenvalue weighted by atomic mass is 16.5. The fraction of sp³-hybridized carbons (Fsp3) is 0.273. The highest BCUT2D eigenvalue weighted by molar-refractivity contribution is 5.60. The maximum absolute atomic E-state index is 5.91. The lowest BCUT2D eigenvalue weighted by Gasteiger charge is -2.25. The van der Waals surface area contributed by atoms with Crippen molar-refractivity contribution in [2.45, 2.75) is 32.0 Å². The van der Waals surface area contributed by atoms with Crippen LogP contribution in [0.3, 0.4) is 0 Å². The summed E-state index contributed by atoms with van der Waals surface area (Å²) in [5, 5.41) is 4.01. The van der Waals surface area contributed by atoms with E-state index in [1.807, 2.05) is 49.5 Å². The second kappa shape index (κ2) is 8.67. The average molecular weight is 430 g/mol. The van der Waals surface area contributed by atoms with Crippen molar-refractivity contribution in [3.63, 3.8) is 0 Å². The molecule has 10 nitrogen and oxygen atoms in total. The van der Waals surface area contributed by atoms with Crippen LogP contribution in [0.25, 0.3) is 23.1 Å². The molecule has 4 aromatic rings. The normalized spacial score (nSPS) is 13.7. The Labute approximate surface area is 184 Å².